The third-order valence-electron chi connectivity index (χ3n) is 33.0. The van der Waals surface area contributed by atoms with Crippen molar-refractivity contribution in [2.45, 2.75) is 473 Å². The highest BCUT2D eigenvalue weighted by atomic mass is 16.7. The minimum absolute atomic E-state index is 0. The Kier molecular flexibility index (Phi) is 66.0. The van der Waals surface area contributed by atoms with Gasteiger partial charge in [0, 0.05) is 62.9 Å². The zero-order valence-electron chi connectivity index (χ0n) is 83.2. The monoisotopic (exact) mass is 2040 g/mol. The van der Waals surface area contributed by atoms with Gasteiger partial charge in [0.2, 0.25) is 0 Å². The van der Waals surface area contributed by atoms with Crippen LogP contribution in [0.15, 0.2) is 0 Å². The minimum atomic E-state index is -0.465. The molecule has 14 saturated carbocycles. The molecule has 14 fully saturated rings. The van der Waals surface area contributed by atoms with Crippen LogP contribution in [0.3, 0.4) is 0 Å². The van der Waals surface area contributed by atoms with Gasteiger partial charge in [0.05, 0.1) is 70.0 Å². The molecule has 0 aliphatic heterocycles. The quantitative estimate of drug-likeness (QED) is 0.0241. The molecule has 14 rings (SSSR count). The Morgan fingerprint density at radius 1 is 0.287 bits per heavy atom. The molecule has 0 spiro atoms. The maximum atomic E-state index is 12.8. The summed E-state index contributed by atoms with van der Waals surface area (Å²) in [5.41, 5.74) is -1.41. The summed E-state index contributed by atoms with van der Waals surface area (Å²) in [5.74, 6) is 0.984. The van der Waals surface area contributed by atoms with Crippen molar-refractivity contribution < 1.29 is 133 Å². The van der Waals surface area contributed by atoms with Crippen molar-refractivity contribution in [3.63, 3.8) is 0 Å². The molecule has 0 N–H and O–H groups in total. The molecule has 28 unspecified atom stereocenters. The number of methoxy groups -OCH3 is 2. The number of rotatable bonds is 37. The fraction of sp³-hybridized carbons (Fsp3) is 0.896. The highest BCUT2D eigenvalue weighted by Crippen LogP contribution is 2.57. The van der Waals surface area contributed by atoms with Crippen molar-refractivity contribution in [2.75, 3.05) is 54.6 Å². The van der Waals surface area contributed by atoms with Crippen LogP contribution >= 0.6 is 0 Å². The maximum Gasteiger partial charge on any atom is 0.311 e. The van der Waals surface area contributed by atoms with E-state index in [0.717, 1.165) is 212 Å². The zero-order chi connectivity index (χ0) is 96.0. The Labute approximate surface area is 869 Å². The van der Waals surface area contributed by atoms with Crippen LogP contribution in [0.5, 0.6) is 0 Å². The van der Waals surface area contributed by atoms with E-state index in [4.69, 9.17) is 75.8 Å². The van der Waals surface area contributed by atoms with Gasteiger partial charge in [-0.2, -0.15) is 0 Å². The molecule has 0 amide bonds. The number of esters is 12. The summed E-state index contributed by atoms with van der Waals surface area (Å²) in [4.78, 5) is 146. The number of carbonyl (C=O) groups excluding carboxylic acids is 12. The van der Waals surface area contributed by atoms with Gasteiger partial charge in [-0.3, -0.25) is 57.5 Å². The van der Waals surface area contributed by atoms with E-state index in [1.54, 1.807) is 0 Å². The second-order valence-electron chi connectivity index (χ2n) is 42.7. The summed E-state index contributed by atoms with van der Waals surface area (Å²) < 4.78 is 86.1. The van der Waals surface area contributed by atoms with Crippen LogP contribution in [0.2, 0.25) is 0 Å². The van der Waals surface area contributed by atoms with E-state index in [-0.39, 0.29) is 330 Å². The molecule has 28 nitrogen and oxygen atoms in total. The standard InChI is InChI=1S/C20H32O4.C19H30O4.C17H28O5.2C16H26O5.C15H24O5.12CH4/c1-4-13(3)18(21)23-17-12-14-10-15(17)16(11-14)19(22)24-20(5-2)8-6-7-9-20;1-4-12(2)17(20)22-16-11-13-9-14(16)15(10-13)18(21)23-19(3)7-5-6-8-19;1-5-17(3,4)16(19)22-14-9-11-7-12(14)13(8-11)15(18)21-10-20-6-2;1-5-16(2,3)15(18)21-13-8-10-6-11(13)12(7-10)14(17)20-9-19-4;1-4-10(3)15(17)21-14-8-11-6-12(14)13(7-11)16(18)20-9-19-5-2;1-4-9(2)14(16)20-13-7-10-5-11(13)12(6-10)15(17)19-8-18-3;;;;;;;;;;;;/h13-17H,4-12H2,1-3H3;12-16H,4-11H2,1-3H3;11-14H,5-10H2,1-4H3;10-13H,5-9H2,1-4H3;10-14H,4-9H2,1-3H3;9-13H,4-8H2,1-3H3;12*1H4. The molecular formula is C115H214O28. The highest BCUT2D eigenvalue weighted by Gasteiger charge is 2.59. The molecule has 28 atom stereocenters. The third kappa shape index (κ3) is 37.9. The predicted molar refractivity (Wildman–Crippen MR) is 564 cm³/mol. The molecule has 0 aromatic carbocycles. The fourth-order valence-electron chi connectivity index (χ4n) is 23.2. The lowest BCUT2D eigenvalue weighted by atomic mass is 9.86. The normalized spacial score (nSPS) is 30.2. The summed E-state index contributed by atoms with van der Waals surface area (Å²) in [5, 5.41) is 0. The third-order valence-corrected chi connectivity index (χ3v) is 33.0. The van der Waals surface area contributed by atoms with Gasteiger partial charge < -0.3 is 75.8 Å². The molecule has 0 aromatic heterocycles. The van der Waals surface area contributed by atoms with Gasteiger partial charge in [0.25, 0.3) is 0 Å². The average molecular weight is 2040 g/mol. The lowest BCUT2D eigenvalue weighted by Gasteiger charge is -2.33. The average Bonchev–Trinajstić information content (AvgIpc) is 1.60. The molecule has 0 radical (unpaired) electrons. The Morgan fingerprint density at radius 3 is 0.713 bits per heavy atom. The smallest absolute Gasteiger partial charge is 0.311 e. The molecule has 0 aromatic rings. The van der Waals surface area contributed by atoms with Gasteiger partial charge in [-0.1, -0.05) is 165 Å². The largest absolute Gasteiger partial charge is 0.462 e. The summed E-state index contributed by atoms with van der Waals surface area (Å²) >= 11 is 0. The van der Waals surface area contributed by atoms with E-state index < -0.39 is 10.8 Å². The number of hydrogen-bond donors (Lipinski definition) is 0. The molecule has 0 heterocycles. The molecule has 143 heavy (non-hydrogen) atoms. The molecule has 842 valence electrons. The van der Waals surface area contributed by atoms with Crippen molar-refractivity contribution >= 4 is 71.6 Å². The second-order valence-corrected chi connectivity index (χ2v) is 42.7. The van der Waals surface area contributed by atoms with Crippen molar-refractivity contribution in [3.05, 3.63) is 0 Å². The molecular weight excluding hydrogens is 1830 g/mol. The van der Waals surface area contributed by atoms with E-state index in [1.807, 2.05) is 111 Å². The van der Waals surface area contributed by atoms with E-state index in [9.17, 15) is 57.5 Å². The van der Waals surface area contributed by atoms with Crippen LogP contribution in [0.4, 0.5) is 0 Å². The highest BCUT2D eigenvalue weighted by molar-refractivity contribution is 5.80. The Balaban J connectivity index is -0.000000798. The molecule has 12 bridgehead atoms. The Bertz CT molecular complexity index is 3730. The first-order valence-corrected chi connectivity index (χ1v) is 50.8. The summed E-state index contributed by atoms with van der Waals surface area (Å²) in [6, 6.07) is 0. The van der Waals surface area contributed by atoms with Crippen LogP contribution < -0.4 is 0 Å². The van der Waals surface area contributed by atoms with Gasteiger partial charge in [0.15, 0.2) is 27.2 Å². The number of carbonyl (C=O) groups is 12. The molecule has 14 aliphatic rings. The van der Waals surface area contributed by atoms with E-state index >= 15 is 0 Å². The minimum Gasteiger partial charge on any atom is -0.462 e. The summed E-state index contributed by atoms with van der Waals surface area (Å²) in [7, 11) is 2.98. The first-order chi connectivity index (χ1) is 62.3. The summed E-state index contributed by atoms with van der Waals surface area (Å²) in [6.45, 7) is 36.0. The summed E-state index contributed by atoms with van der Waals surface area (Å²) in [6.07, 6.45) is 29.9. The Hall–Kier alpha value is -6.52. The van der Waals surface area contributed by atoms with Crippen molar-refractivity contribution in [2.24, 2.45) is 141 Å². The number of hydrogen-bond acceptors (Lipinski definition) is 28. The second kappa shape index (κ2) is 66.1. The topological polar surface area (TPSA) is 353 Å². The van der Waals surface area contributed by atoms with Gasteiger partial charge in [-0.05, 0) is 296 Å². The van der Waals surface area contributed by atoms with Gasteiger partial charge in [-0.15, -0.1) is 0 Å². The molecule has 28 heteroatoms. The first kappa shape index (κ1) is 143. The van der Waals surface area contributed by atoms with Crippen LogP contribution in [0.25, 0.3) is 0 Å². The van der Waals surface area contributed by atoms with Crippen molar-refractivity contribution in [1.29, 1.82) is 0 Å². The first-order valence-electron chi connectivity index (χ1n) is 50.8. The van der Waals surface area contributed by atoms with Crippen molar-refractivity contribution in [3.8, 4) is 0 Å². The zero-order valence-corrected chi connectivity index (χ0v) is 83.2. The SMILES string of the molecule is C.C.C.C.C.C.C.C.C.C.C.C.CCC(C)(C)C(=O)OC1CC2CC(C(=O)OCOC)C1C2.CCC(C)C(=O)OC1CC2CC(C(=O)OC3(C)CCCC3)C1C2.CCC(C)C(=O)OC1CC2CC(C(=O)OC3(CC)CCCC3)C1C2.CCC(C)C(=O)OC1CC2CC(C(=O)OCOC)C1C2.CCOCOC(=O)C1CC2CC(OC(=O)C(C)(C)CC)C1C2.CCOCOC(=O)C1CC2CC(OC(=O)C(C)CC)C1C2. The van der Waals surface area contributed by atoms with Crippen LogP contribution in [0, 0.1) is 141 Å². The number of fused-ring (bicyclic) bond motifs is 12. The van der Waals surface area contributed by atoms with Crippen molar-refractivity contribution in [1.82, 2.24) is 0 Å². The lowest BCUT2D eigenvalue weighted by Crippen LogP contribution is -2.39. The van der Waals surface area contributed by atoms with E-state index in [0.29, 0.717) is 48.7 Å². The number of ether oxygens (including phenoxy) is 16. The lowest BCUT2D eigenvalue weighted by molar-refractivity contribution is -0.173. The van der Waals surface area contributed by atoms with Crippen LogP contribution in [-0.4, -0.2) is 174 Å². The van der Waals surface area contributed by atoms with Gasteiger partial charge >= 0.3 is 71.6 Å². The van der Waals surface area contributed by atoms with E-state index in [2.05, 4.69) is 13.8 Å². The fourth-order valence-corrected chi connectivity index (χ4v) is 23.2. The molecule has 14 aliphatic carbocycles. The predicted octanol–water partition coefficient (Wildman–Crippen LogP) is 25.9. The molecule has 0 saturated heterocycles. The van der Waals surface area contributed by atoms with Gasteiger partial charge in [-0.25, -0.2) is 0 Å². The van der Waals surface area contributed by atoms with Gasteiger partial charge in [0.1, 0.15) is 47.8 Å². The maximum absolute atomic E-state index is 12.8. The van der Waals surface area contributed by atoms with Crippen LogP contribution in [0.1, 0.15) is 426 Å². The van der Waals surface area contributed by atoms with Crippen LogP contribution in [-0.2, 0) is 133 Å². The Morgan fingerprint density at radius 2 is 0.503 bits per heavy atom. The van der Waals surface area contributed by atoms with E-state index in [1.165, 1.54) is 14.2 Å².